The van der Waals surface area contributed by atoms with E-state index in [-0.39, 0.29) is 4.90 Å². The van der Waals surface area contributed by atoms with Crippen LogP contribution < -0.4 is 24.2 Å². The Labute approximate surface area is 180 Å². The van der Waals surface area contributed by atoms with Crippen LogP contribution in [-0.4, -0.2) is 35.7 Å². The van der Waals surface area contributed by atoms with Crippen LogP contribution in [0.1, 0.15) is 10.4 Å². The smallest absolute Gasteiger partial charge is 0.261 e. The number of sulfonamides is 1. The van der Waals surface area contributed by atoms with Crippen molar-refractivity contribution in [3.63, 3.8) is 0 Å². The number of ether oxygens (including phenoxy) is 3. The van der Waals surface area contributed by atoms with Gasteiger partial charge >= 0.3 is 0 Å². The van der Waals surface area contributed by atoms with E-state index in [1.54, 1.807) is 42.5 Å². The third kappa shape index (κ3) is 5.26. The molecule has 162 valence electrons. The number of nitrogens with one attached hydrogen (secondary N) is 2. The summed E-state index contributed by atoms with van der Waals surface area (Å²) in [7, 11) is 0.740. The van der Waals surface area contributed by atoms with Crippen LogP contribution in [0.3, 0.4) is 0 Å². The number of anilines is 2. The second-order valence-electron chi connectivity index (χ2n) is 6.38. The summed E-state index contributed by atoms with van der Waals surface area (Å²) in [4.78, 5) is 12.6. The highest BCUT2D eigenvalue weighted by atomic mass is 32.2. The maximum Gasteiger partial charge on any atom is 0.261 e. The Morgan fingerprint density at radius 3 is 1.97 bits per heavy atom. The SMILES string of the molecule is COc1ccc(NS(=O)(=O)c2ccc(C(=O)Nc3ccc(OC)cc3OC)cc2)cc1. The van der Waals surface area contributed by atoms with Crippen LogP contribution in [0, 0.1) is 0 Å². The van der Waals surface area contributed by atoms with Crippen LogP contribution in [0.25, 0.3) is 0 Å². The average molecular weight is 442 g/mol. The molecule has 0 spiro atoms. The Morgan fingerprint density at radius 2 is 1.39 bits per heavy atom. The quantitative estimate of drug-likeness (QED) is 0.551. The number of methoxy groups -OCH3 is 3. The van der Waals surface area contributed by atoms with E-state index in [1.807, 2.05) is 0 Å². The second-order valence-corrected chi connectivity index (χ2v) is 8.06. The number of benzene rings is 3. The largest absolute Gasteiger partial charge is 0.497 e. The molecule has 0 aliphatic heterocycles. The van der Waals surface area contributed by atoms with Crippen molar-refractivity contribution < 1.29 is 27.4 Å². The molecule has 3 aromatic carbocycles. The molecule has 9 heteroatoms. The Kier molecular flexibility index (Phi) is 6.66. The predicted molar refractivity (Wildman–Crippen MR) is 118 cm³/mol. The molecule has 0 unspecified atom stereocenters. The fourth-order valence-electron chi connectivity index (χ4n) is 2.75. The molecule has 3 aromatic rings. The lowest BCUT2D eigenvalue weighted by Crippen LogP contribution is -2.15. The van der Waals surface area contributed by atoms with Gasteiger partial charge < -0.3 is 19.5 Å². The van der Waals surface area contributed by atoms with Gasteiger partial charge in [0.25, 0.3) is 15.9 Å². The topological polar surface area (TPSA) is 103 Å². The maximum atomic E-state index is 12.6. The molecule has 0 saturated heterocycles. The first-order valence-electron chi connectivity index (χ1n) is 9.16. The minimum Gasteiger partial charge on any atom is -0.497 e. The highest BCUT2D eigenvalue weighted by Gasteiger charge is 2.16. The molecule has 0 aliphatic rings. The van der Waals surface area contributed by atoms with E-state index in [1.165, 1.54) is 45.6 Å². The highest BCUT2D eigenvalue weighted by molar-refractivity contribution is 7.92. The van der Waals surface area contributed by atoms with Crippen molar-refractivity contribution in [2.24, 2.45) is 0 Å². The number of carbonyl (C=O) groups is 1. The maximum absolute atomic E-state index is 12.6. The molecular formula is C22H22N2O6S. The van der Waals surface area contributed by atoms with Crippen molar-refractivity contribution in [3.05, 3.63) is 72.3 Å². The molecule has 0 saturated carbocycles. The average Bonchev–Trinajstić information content (AvgIpc) is 2.79. The van der Waals surface area contributed by atoms with E-state index < -0.39 is 15.9 Å². The van der Waals surface area contributed by atoms with Crippen LogP contribution in [0.15, 0.2) is 71.6 Å². The minimum atomic E-state index is -3.81. The number of hydrogen-bond donors (Lipinski definition) is 2. The molecule has 0 heterocycles. The number of rotatable bonds is 8. The van der Waals surface area contributed by atoms with Gasteiger partial charge in [0.2, 0.25) is 0 Å². The summed E-state index contributed by atoms with van der Waals surface area (Å²) in [5, 5.41) is 2.74. The summed E-state index contributed by atoms with van der Waals surface area (Å²) in [5.74, 6) is 1.24. The van der Waals surface area contributed by atoms with E-state index in [2.05, 4.69) is 10.0 Å². The summed E-state index contributed by atoms with van der Waals surface area (Å²) in [5.41, 5.74) is 1.15. The van der Waals surface area contributed by atoms with E-state index in [4.69, 9.17) is 14.2 Å². The standard InChI is InChI=1S/C22H22N2O6S/c1-28-17-8-6-16(7-9-17)24-31(26,27)19-11-4-15(5-12-19)22(25)23-20-13-10-18(29-2)14-21(20)30-3/h4-14,24H,1-3H3,(H,23,25). The van der Waals surface area contributed by atoms with Gasteiger partial charge in [-0.1, -0.05) is 0 Å². The Bertz CT molecular complexity index is 1160. The van der Waals surface area contributed by atoms with Crippen molar-refractivity contribution in [1.82, 2.24) is 0 Å². The molecule has 0 bridgehead atoms. The van der Waals surface area contributed by atoms with E-state index >= 15 is 0 Å². The fraction of sp³-hybridized carbons (Fsp3) is 0.136. The molecule has 0 aliphatic carbocycles. The van der Waals surface area contributed by atoms with Crippen LogP contribution >= 0.6 is 0 Å². The molecular weight excluding hydrogens is 420 g/mol. The lowest BCUT2D eigenvalue weighted by molar-refractivity contribution is 0.102. The van der Waals surface area contributed by atoms with E-state index in [0.29, 0.717) is 34.2 Å². The Morgan fingerprint density at radius 1 is 0.774 bits per heavy atom. The van der Waals surface area contributed by atoms with Crippen molar-refractivity contribution in [2.45, 2.75) is 4.90 Å². The minimum absolute atomic E-state index is 0.0295. The van der Waals surface area contributed by atoms with Crippen molar-refractivity contribution in [2.75, 3.05) is 31.4 Å². The van der Waals surface area contributed by atoms with Gasteiger partial charge in [-0.3, -0.25) is 9.52 Å². The predicted octanol–water partition coefficient (Wildman–Crippen LogP) is 3.77. The van der Waals surface area contributed by atoms with Gasteiger partial charge in [0.05, 0.1) is 31.9 Å². The molecule has 1 amide bonds. The molecule has 0 atom stereocenters. The third-order valence-corrected chi connectivity index (χ3v) is 5.82. The zero-order valence-corrected chi connectivity index (χ0v) is 18.0. The van der Waals surface area contributed by atoms with Crippen molar-refractivity contribution in [1.29, 1.82) is 0 Å². The van der Waals surface area contributed by atoms with Gasteiger partial charge in [0.15, 0.2) is 0 Å². The summed E-state index contributed by atoms with van der Waals surface area (Å²) in [6.07, 6.45) is 0. The van der Waals surface area contributed by atoms with Crippen molar-refractivity contribution in [3.8, 4) is 17.2 Å². The molecule has 31 heavy (non-hydrogen) atoms. The lowest BCUT2D eigenvalue weighted by Gasteiger charge is -2.12. The van der Waals surface area contributed by atoms with Gasteiger partial charge in [0.1, 0.15) is 17.2 Å². The number of carbonyl (C=O) groups excluding carboxylic acids is 1. The molecule has 8 nitrogen and oxygen atoms in total. The van der Waals surface area contributed by atoms with Crippen LogP contribution in [0.5, 0.6) is 17.2 Å². The summed E-state index contributed by atoms with van der Waals surface area (Å²) in [6.45, 7) is 0. The van der Waals surface area contributed by atoms with Crippen molar-refractivity contribution >= 4 is 27.3 Å². The fourth-order valence-corrected chi connectivity index (χ4v) is 3.81. The van der Waals surface area contributed by atoms with Crippen LogP contribution in [0.2, 0.25) is 0 Å². The molecule has 2 N–H and O–H groups in total. The zero-order chi connectivity index (χ0) is 22.4. The highest BCUT2D eigenvalue weighted by Crippen LogP contribution is 2.29. The van der Waals surface area contributed by atoms with Crippen LogP contribution in [0.4, 0.5) is 11.4 Å². The number of amides is 1. The third-order valence-electron chi connectivity index (χ3n) is 4.43. The van der Waals surface area contributed by atoms with E-state index in [9.17, 15) is 13.2 Å². The first kappa shape index (κ1) is 22.0. The van der Waals surface area contributed by atoms with Gasteiger partial charge in [0, 0.05) is 17.3 Å². The monoisotopic (exact) mass is 442 g/mol. The molecule has 0 radical (unpaired) electrons. The first-order valence-corrected chi connectivity index (χ1v) is 10.6. The Balaban J connectivity index is 1.73. The van der Waals surface area contributed by atoms with Gasteiger partial charge in [-0.25, -0.2) is 8.42 Å². The first-order chi connectivity index (χ1) is 14.9. The summed E-state index contributed by atoms with van der Waals surface area (Å²) >= 11 is 0. The molecule has 0 fully saturated rings. The zero-order valence-electron chi connectivity index (χ0n) is 17.2. The number of hydrogen-bond acceptors (Lipinski definition) is 6. The molecule has 0 aromatic heterocycles. The lowest BCUT2D eigenvalue weighted by atomic mass is 10.2. The summed E-state index contributed by atoms with van der Waals surface area (Å²) in [6, 6.07) is 17.1. The normalized spacial score (nSPS) is 10.8. The van der Waals surface area contributed by atoms with E-state index in [0.717, 1.165) is 0 Å². The summed E-state index contributed by atoms with van der Waals surface area (Å²) < 4.78 is 43.2. The second kappa shape index (κ2) is 9.40. The van der Waals surface area contributed by atoms with Gasteiger partial charge in [-0.05, 0) is 60.7 Å². The van der Waals surface area contributed by atoms with Gasteiger partial charge in [-0.15, -0.1) is 0 Å². The van der Waals surface area contributed by atoms with Gasteiger partial charge in [-0.2, -0.15) is 0 Å². The molecule has 3 rings (SSSR count). The Hall–Kier alpha value is -3.72. The van der Waals surface area contributed by atoms with Crippen LogP contribution in [-0.2, 0) is 10.0 Å².